The molecule has 0 atom stereocenters. The summed E-state index contributed by atoms with van der Waals surface area (Å²) in [5.41, 5.74) is -1.24. The van der Waals surface area contributed by atoms with Gasteiger partial charge in [0.05, 0.1) is 24.2 Å². The molecule has 0 aliphatic carbocycles. The van der Waals surface area contributed by atoms with Gasteiger partial charge in [-0.25, -0.2) is 4.68 Å². The Labute approximate surface area is 173 Å². The third-order valence-corrected chi connectivity index (χ3v) is 4.96. The van der Waals surface area contributed by atoms with Crippen LogP contribution in [0, 0.1) is 0 Å². The number of halogens is 4. The summed E-state index contributed by atoms with van der Waals surface area (Å²) in [6.07, 6.45) is -5.00. The largest absolute Gasteiger partial charge is 0.497 e. The standard InChI is InChI=1S/C20H16ClF3N2O4/c1-28-13-4-2-3-11(5-13)9-26-19(27)14(18(25-26)20(22,23)24)6-12-7-15(21)17-16(8-12)29-10-30-17/h2-5,7-8,25H,6,9-10H2,1H3. The topological polar surface area (TPSA) is 65.5 Å². The van der Waals surface area contributed by atoms with E-state index in [4.69, 9.17) is 25.8 Å². The minimum atomic E-state index is -4.73. The number of nitrogens with zero attached hydrogens (tertiary/aromatic N) is 1. The number of hydrogen-bond donors (Lipinski definition) is 1. The van der Waals surface area contributed by atoms with E-state index in [1.54, 1.807) is 24.3 Å². The molecule has 1 aromatic heterocycles. The SMILES string of the molecule is COc1cccc(Cn2[nH]c(C(F)(F)F)c(Cc3cc(Cl)c4c(c3)OCO4)c2=O)c1. The van der Waals surface area contributed by atoms with Crippen LogP contribution in [0.5, 0.6) is 17.2 Å². The van der Waals surface area contributed by atoms with E-state index in [1.807, 2.05) is 0 Å². The van der Waals surface area contributed by atoms with Crippen molar-refractivity contribution in [1.29, 1.82) is 0 Å². The van der Waals surface area contributed by atoms with E-state index in [1.165, 1.54) is 19.2 Å². The quantitative estimate of drug-likeness (QED) is 0.645. The van der Waals surface area contributed by atoms with Crippen LogP contribution in [-0.4, -0.2) is 23.7 Å². The summed E-state index contributed by atoms with van der Waals surface area (Å²) in [5.74, 6) is 1.21. The number of methoxy groups -OCH3 is 1. The number of H-pyrrole nitrogens is 1. The highest BCUT2D eigenvalue weighted by Gasteiger charge is 2.38. The summed E-state index contributed by atoms with van der Waals surface area (Å²) >= 11 is 6.12. The van der Waals surface area contributed by atoms with Crippen molar-refractivity contribution >= 4 is 11.6 Å². The van der Waals surface area contributed by atoms with Crippen LogP contribution < -0.4 is 19.8 Å². The van der Waals surface area contributed by atoms with Crippen LogP contribution in [0.2, 0.25) is 5.02 Å². The molecular weight excluding hydrogens is 425 g/mol. The number of nitrogens with one attached hydrogen (secondary N) is 1. The molecular formula is C20H16ClF3N2O4. The molecule has 0 saturated heterocycles. The average Bonchev–Trinajstić information content (AvgIpc) is 3.28. The molecule has 0 spiro atoms. The Morgan fingerprint density at radius 2 is 2.00 bits per heavy atom. The van der Waals surface area contributed by atoms with Crippen LogP contribution in [0.25, 0.3) is 0 Å². The van der Waals surface area contributed by atoms with Crippen LogP contribution in [-0.2, 0) is 19.1 Å². The van der Waals surface area contributed by atoms with E-state index in [0.29, 0.717) is 28.4 Å². The van der Waals surface area contributed by atoms with Gasteiger partial charge in [-0.1, -0.05) is 23.7 Å². The second-order valence-corrected chi connectivity index (χ2v) is 7.10. The summed E-state index contributed by atoms with van der Waals surface area (Å²) in [4.78, 5) is 12.8. The number of aromatic amines is 1. The Morgan fingerprint density at radius 1 is 1.20 bits per heavy atom. The highest BCUT2D eigenvalue weighted by molar-refractivity contribution is 6.32. The van der Waals surface area contributed by atoms with Crippen molar-refractivity contribution < 1.29 is 27.4 Å². The van der Waals surface area contributed by atoms with Crippen LogP contribution in [0.3, 0.4) is 0 Å². The molecule has 0 radical (unpaired) electrons. The predicted molar refractivity (Wildman–Crippen MR) is 103 cm³/mol. The number of ether oxygens (including phenoxy) is 3. The lowest BCUT2D eigenvalue weighted by Crippen LogP contribution is -2.20. The fraction of sp³-hybridized carbons (Fsp3) is 0.250. The number of aromatic nitrogens is 2. The summed E-state index contributed by atoms with van der Waals surface area (Å²) in [6.45, 7) is -0.0924. The molecule has 0 bridgehead atoms. The van der Waals surface area contributed by atoms with Crippen LogP contribution in [0.4, 0.5) is 13.2 Å². The van der Waals surface area contributed by atoms with Crippen molar-refractivity contribution in [3.8, 4) is 17.2 Å². The molecule has 2 aromatic carbocycles. The summed E-state index contributed by atoms with van der Waals surface area (Å²) in [7, 11) is 1.48. The molecule has 10 heteroatoms. The maximum Gasteiger partial charge on any atom is 0.433 e. The van der Waals surface area contributed by atoms with E-state index in [-0.39, 0.29) is 24.8 Å². The van der Waals surface area contributed by atoms with Crippen LogP contribution in [0.1, 0.15) is 22.4 Å². The molecule has 1 N–H and O–H groups in total. The number of hydrogen-bond acceptors (Lipinski definition) is 4. The maximum atomic E-state index is 13.6. The van der Waals surface area contributed by atoms with Gasteiger partial charge in [-0.3, -0.25) is 9.89 Å². The third kappa shape index (κ3) is 3.85. The molecule has 0 unspecified atom stereocenters. The number of benzene rings is 2. The fourth-order valence-electron chi connectivity index (χ4n) is 3.31. The van der Waals surface area contributed by atoms with Gasteiger partial charge in [0.2, 0.25) is 6.79 Å². The number of rotatable bonds is 5. The zero-order valence-electron chi connectivity index (χ0n) is 15.7. The molecule has 0 saturated carbocycles. The number of fused-ring (bicyclic) bond motifs is 1. The molecule has 2 heterocycles. The van der Waals surface area contributed by atoms with E-state index >= 15 is 0 Å². The second-order valence-electron chi connectivity index (χ2n) is 6.69. The molecule has 1 aliphatic heterocycles. The lowest BCUT2D eigenvalue weighted by molar-refractivity contribution is -0.142. The van der Waals surface area contributed by atoms with Crippen molar-refractivity contribution in [3.63, 3.8) is 0 Å². The molecule has 1 aliphatic rings. The second kappa shape index (κ2) is 7.64. The lowest BCUT2D eigenvalue weighted by atomic mass is 10.0. The van der Waals surface area contributed by atoms with Gasteiger partial charge in [-0.2, -0.15) is 13.2 Å². The first-order valence-corrected chi connectivity index (χ1v) is 9.24. The van der Waals surface area contributed by atoms with Gasteiger partial charge in [0.1, 0.15) is 11.4 Å². The molecule has 3 aromatic rings. The Morgan fingerprint density at radius 3 is 2.73 bits per heavy atom. The highest BCUT2D eigenvalue weighted by Crippen LogP contribution is 2.40. The van der Waals surface area contributed by atoms with Crippen molar-refractivity contribution in [3.05, 3.63) is 74.2 Å². The van der Waals surface area contributed by atoms with Gasteiger partial charge in [0.25, 0.3) is 5.56 Å². The van der Waals surface area contributed by atoms with E-state index in [2.05, 4.69) is 5.10 Å². The lowest BCUT2D eigenvalue weighted by Gasteiger charge is -2.08. The molecule has 4 rings (SSSR count). The number of alkyl halides is 3. The van der Waals surface area contributed by atoms with Crippen molar-refractivity contribution in [2.24, 2.45) is 0 Å². The Hall–Kier alpha value is -3.07. The molecule has 158 valence electrons. The van der Waals surface area contributed by atoms with Crippen molar-refractivity contribution in [2.75, 3.05) is 13.9 Å². The van der Waals surface area contributed by atoms with Gasteiger partial charge in [-0.15, -0.1) is 0 Å². The Kier molecular flexibility index (Phi) is 5.15. The van der Waals surface area contributed by atoms with Crippen LogP contribution >= 0.6 is 11.6 Å². The third-order valence-electron chi connectivity index (χ3n) is 4.68. The maximum absolute atomic E-state index is 13.6. The van der Waals surface area contributed by atoms with Crippen molar-refractivity contribution in [1.82, 2.24) is 9.78 Å². The first-order chi connectivity index (χ1) is 14.3. The van der Waals surface area contributed by atoms with E-state index in [0.717, 1.165) is 4.68 Å². The summed E-state index contributed by atoms with van der Waals surface area (Å²) in [5, 5.41) is 2.42. The monoisotopic (exact) mass is 440 g/mol. The van der Waals surface area contributed by atoms with E-state index < -0.39 is 23.0 Å². The zero-order valence-corrected chi connectivity index (χ0v) is 16.4. The fourth-order valence-corrected chi connectivity index (χ4v) is 3.60. The Bertz CT molecular complexity index is 1150. The normalized spacial score (nSPS) is 13.0. The summed E-state index contributed by atoms with van der Waals surface area (Å²) < 4.78 is 57.4. The first kappa shape index (κ1) is 20.2. The minimum absolute atomic E-state index is 0.0240. The van der Waals surface area contributed by atoms with Gasteiger partial charge in [-0.05, 0) is 35.4 Å². The van der Waals surface area contributed by atoms with Gasteiger partial charge >= 0.3 is 6.18 Å². The van der Waals surface area contributed by atoms with Gasteiger partial charge in [0, 0.05) is 6.42 Å². The van der Waals surface area contributed by atoms with E-state index in [9.17, 15) is 18.0 Å². The Balaban J connectivity index is 1.72. The smallest absolute Gasteiger partial charge is 0.433 e. The zero-order chi connectivity index (χ0) is 21.5. The van der Waals surface area contributed by atoms with Crippen molar-refractivity contribution in [2.45, 2.75) is 19.1 Å². The average molecular weight is 441 g/mol. The minimum Gasteiger partial charge on any atom is -0.497 e. The first-order valence-electron chi connectivity index (χ1n) is 8.86. The van der Waals surface area contributed by atoms with Gasteiger partial charge in [0.15, 0.2) is 11.5 Å². The molecule has 30 heavy (non-hydrogen) atoms. The highest BCUT2D eigenvalue weighted by atomic mass is 35.5. The summed E-state index contributed by atoms with van der Waals surface area (Å²) in [6, 6.07) is 9.73. The molecule has 6 nitrogen and oxygen atoms in total. The molecule has 0 fully saturated rings. The molecule has 0 amide bonds. The van der Waals surface area contributed by atoms with Gasteiger partial charge < -0.3 is 14.2 Å². The van der Waals surface area contributed by atoms with Crippen LogP contribution in [0.15, 0.2) is 41.2 Å². The predicted octanol–water partition coefficient (Wildman–Crippen LogP) is 4.23.